The van der Waals surface area contributed by atoms with Crippen molar-refractivity contribution in [3.63, 3.8) is 0 Å². The first-order valence-electron chi connectivity index (χ1n) is 6.35. The molecule has 0 fully saturated rings. The van der Waals surface area contributed by atoms with Gasteiger partial charge in [-0.1, -0.05) is 45.2 Å². The average molecular weight is 414 g/mol. The van der Waals surface area contributed by atoms with Crippen molar-refractivity contribution in [2.24, 2.45) is 0 Å². The predicted molar refractivity (Wildman–Crippen MR) is 91.6 cm³/mol. The highest BCUT2D eigenvalue weighted by molar-refractivity contribution is 9.10. The molecule has 2 aromatic carbocycles. The number of fused-ring (bicyclic) bond motifs is 1. The highest BCUT2D eigenvalue weighted by Crippen LogP contribution is 2.33. The molecule has 1 aromatic heterocycles. The van der Waals surface area contributed by atoms with E-state index in [1.165, 1.54) is 18.2 Å². The van der Waals surface area contributed by atoms with Crippen LogP contribution in [0.4, 0.5) is 0 Å². The van der Waals surface area contributed by atoms with Crippen LogP contribution in [0.5, 0.6) is 5.75 Å². The van der Waals surface area contributed by atoms with Crippen LogP contribution in [-0.2, 0) is 0 Å². The summed E-state index contributed by atoms with van der Waals surface area (Å²) >= 11 is 15.2. The highest BCUT2D eigenvalue weighted by Gasteiger charge is 2.19. The van der Waals surface area contributed by atoms with E-state index in [1.54, 1.807) is 24.3 Å². The molecule has 0 unspecified atom stereocenters. The zero-order valence-corrected chi connectivity index (χ0v) is 14.4. The molecular weight excluding hydrogens is 407 g/mol. The number of hydrogen-bond acceptors (Lipinski definition) is 4. The summed E-state index contributed by atoms with van der Waals surface area (Å²) in [6, 6.07) is 11.1. The molecule has 0 spiro atoms. The maximum atomic E-state index is 12.3. The Hall–Kier alpha value is -1.82. The van der Waals surface area contributed by atoms with Gasteiger partial charge in [0.1, 0.15) is 11.1 Å². The van der Waals surface area contributed by atoms with E-state index in [0.717, 1.165) is 4.47 Å². The zero-order valence-electron chi connectivity index (χ0n) is 11.3. The second-order valence-electron chi connectivity index (χ2n) is 4.57. The molecule has 0 N–H and O–H groups in total. The minimum Gasteiger partial charge on any atom is -0.422 e. The molecule has 3 rings (SSSR count). The number of carbonyl (C=O) groups is 1. The van der Waals surface area contributed by atoms with Crippen molar-refractivity contribution in [2.75, 3.05) is 0 Å². The number of esters is 1. The van der Waals surface area contributed by atoms with E-state index < -0.39 is 11.6 Å². The first kappa shape index (κ1) is 16.1. The summed E-state index contributed by atoms with van der Waals surface area (Å²) in [6.07, 6.45) is 0. The minimum absolute atomic E-state index is 0.00503. The maximum absolute atomic E-state index is 12.3. The number of benzene rings is 2. The molecule has 0 atom stereocenters. The van der Waals surface area contributed by atoms with Crippen molar-refractivity contribution in [1.82, 2.24) is 0 Å². The summed E-state index contributed by atoms with van der Waals surface area (Å²) in [5, 5.41) is 0.911. The van der Waals surface area contributed by atoms with Crippen LogP contribution in [0.25, 0.3) is 11.0 Å². The standard InChI is InChI=1S/C16H7BrCl2O4/c17-9-4-5-13-8(6-9)7-10(15(20)22-13)16(21)23-14-11(18)2-1-3-12(14)19/h1-7H. The van der Waals surface area contributed by atoms with E-state index in [1.807, 2.05) is 0 Å². The molecule has 23 heavy (non-hydrogen) atoms. The maximum Gasteiger partial charge on any atom is 0.351 e. The normalized spacial score (nSPS) is 10.7. The molecule has 0 saturated carbocycles. The Bertz CT molecular complexity index is 961. The first-order valence-corrected chi connectivity index (χ1v) is 7.90. The van der Waals surface area contributed by atoms with Crippen molar-refractivity contribution in [3.05, 3.63) is 73.0 Å². The number of carbonyl (C=O) groups excluding carboxylic acids is 1. The van der Waals surface area contributed by atoms with Gasteiger partial charge >= 0.3 is 11.6 Å². The van der Waals surface area contributed by atoms with Gasteiger partial charge < -0.3 is 9.15 Å². The topological polar surface area (TPSA) is 56.5 Å². The number of rotatable bonds is 2. The second kappa shape index (κ2) is 6.35. The van der Waals surface area contributed by atoms with Crippen molar-refractivity contribution in [1.29, 1.82) is 0 Å². The van der Waals surface area contributed by atoms with E-state index in [4.69, 9.17) is 32.4 Å². The Morgan fingerprint density at radius 3 is 2.48 bits per heavy atom. The summed E-state index contributed by atoms with van der Waals surface area (Å²) in [7, 11) is 0. The molecule has 0 saturated heterocycles. The molecule has 116 valence electrons. The first-order chi connectivity index (χ1) is 11.0. The lowest BCUT2D eigenvalue weighted by atomic mass is 10.2. The highest BCUT2D eigenvalue weighted by atomic mass is 79.9. The molecule has 3 aromatic rings. The fourth-order valence-corrected chi connectivity index (χ4v) is 2.82. The van der Waals surface area contributed by atoms with Gasteiger partial charge in [-0.05, 0) is 36.4 Å². The van der Waals surface area contributed by atoms with Gasteiger partial charge in [-0.3, -0.25) is 0 Å². The van der Waals surface area contributed by atoms with Gasteiger partial charge in [0.25, 0.3) is 0 Å². The van der Waals surface area contributed by atoms with Gasteiger partial charge in [-0.25, -0.2) is 9.59 Å². The Morgan fingerprint density at radius 2 is 1.78 bits per heavy atom. The van der Waals surface area contributed by atoms with Gasteiger partial charge in [0.05, 0.1) is 10.0 Å². The van der Waals surface area contributed by atoms with E-state index in [-0.39, 0.29) is 21.4 Å². The Kier molecular flexibility index (Phi) is 4.43. The molecule has 4 nitrogen and oxygen atoms in total. The van der Waals surface area contributed by atoms with Gasteiger partial charge in [0.2, 0.25) is 0 Å². The van der Waals surface area contributed by atoms with Crippen LogP contribution in [0.15, 0.2) is 56.1 Å². The van der Waals surface area contributed by atoms with E-state index in [0.29, 0.717) is 11.0 Å². The molecule has 7 heteroatoms. The quantitative estimate of drug-likeness (QED) is 0.334. The van der Waals surface area contributed by atoms with Crippen LogP contribution in [0.1, 0.15) is 10.4 Å². The molecule has 0 amide bonds. The van der Waals surface area contributed by atoms with Crippen molar-refractivity contribution < 1.29 is 13.9 Å². The number of para-hydroxylation sites is 1. The summed E-state index contributed by atoms with van der Waals surface area (Å²) in [6.45, 7) is 0. The van der Waals surface area contributed by atoms with Crippen LogP contribution < -0.4 is 10.4 Å². The average Bonchev–Trinajstić information content (AvgIpc) is 2.50. The summed E-state index contributed by atoms with van der Waals surface area (Å²) in [5.41, 5.74) is -0.676. The Labute approximate surface area is 148 Å². The third kappa shape index (κ3) is 3.27. The minimum atomic E-state index is -0.893. The fourth-order valence-electron chi connectivity index (χ4n) is 1.96. The SMILES string of the molecule is O=C(Oc1c(Cl)cccc1Cl)c1cc2cc(Br)ccc2oc1=O. The summed E-state index contributed by atoms with van der Waals surface area (Å²) in [5.74, 6) is -0.898. The molecule has 0 aliphatic heterocycles. The summed E-state index contributed by atoms with van der Waals surface area (Å²) in [4.78, 5) is 24.2. The Morgan fingerprint density at radius 1 is 1.09 bits per heavy atom. The zero-order chi connectivity index (χ0) is 16.6. The third-order valence-corrected chi connectivity index (χ3v) is 4.12. The monoisotopic (exact) mass is 412 g/mol. The number of ether oxygens (including phenoxy) is 1. The number of hydrogen-bond donors (Lipinski definition) is 0. The molecular formula is C16H7BrCl2O4. The van der Waals surface area contributed by atoms with Crippen LogP contribution in [0.2, 0.25) is 10.0 Å². The van der Waals surface area contributed by atoms with Crippen LogP contribution >= 0.6 is 39.1 Å². The van der Waals surface area contributed by atoms with E-state index in [2.05, 4.69) is 15.9 Å². The lowest BCUT2D eigenvalue weighted by molar-refractivity contribution is 0.0730. The van der Waals surface area contributed by atoms with Gasteiger partial charge in [-0.15, -0.1) is 0 Å². The third-order valence-electron chi connectivity index (χ3n) is 3.03. The molecule has 0 radical (unpaired) electrons. The lowest BCUT2D eigenvalue weighted by Crippen LogP contribution is -2.19. The van der Waals surface area contributed by atoms with Crippen molar-refractivity contribution in [2.45, 2.75) is 0 Å². The lowest BCUT2D eigenvalue weighted by Gasteiger charge is -2.07. The van der Waals surface area contributed by atoms with E-state index >= 15 is 0 Å². The smallest absolute Gasteiger partial charge is 0.351 e. The van der Waals surface area contributed by atoms with Crippen LogP contribution in [0.3, 0.4) is 0 Å². The largest absolute Gasteiger partial charge is 0.422 e. The predicted octanol–water partition coefficient (Wildman–Crippen LogP) is 5.08. The molecule has 0 aliphatic rings. The fraction of sp³-hybridized carbons (Fsp3) is 0. The Balaban J connectivity index is 2.04. The van der Waals surface area contributed by atoms with Crippen molar-refractivity contribution >= 4 is 56.1 Å². The number of halogens is 3. The summed E-state index contributed by atoms with van der Waals surface area (Å²) < 4.78 is 11.1. The molecule has 1 heterocycles. The van der Waals surface area contributed by atoms with Crippen molar-refractivity contribution in [3.8, 4) is 5.75 Å². The van der Waals surface area contributed by atoms with Gasteiger partial charge in [0, 0.05) is 9.86 Å². The second-order valence-corrected chi connectivity index (χ2v) is 6.30. The van der Waals surface area contributed by atoms with Gasteiger partial charge in [0.15, 0.2) is 5.75 Å². The van der Waals surface area contributed by atoms with Crippen LogP contribution in [-0.4, -0.2) is 5.97 Å². The van der Waals surface area contributed by atoms with Gasteiger partial charge in [-0.2, -0.15) is 0 Å². The van der Waals surface area contributed by atoms with E-state index in [9.17, 15) is 9.59 Å². The molecule has 0 aliphatic carbocycles. The van der Waals surface area contributed by atoms with Crippen LogP contribution in [0, 0.1) is 0 Å². The molecule has 0 bridgehead atoms.